The molecule has 0 rings (SSSR count). The van der Waals surface area contributed by atoms with Gasteiger partial charge in [0.15, 0.2) is 0 Å². The molecule has 0 aliphatic heterocycles. The zero-order chi connectivity index (χ0) is 41.7. The fourth-order valence-corrected chi connectivity index (χ4v) is 7.72. The molecule has 0 spiro atoms. The Kier molecular flexibility index (Phi) is 44.1. The van der Waals surface area contributed by atoms with E-state index in [-0.39, 0.29) is 24.9 Å². The molecule has 0 aromatic carbocycles. The summed E-state index contributed by atoms with van der Waals surface area (Å²) >= 11 is 0. The van der Waals surface area contributed by atoms with Crippen LogP contribution in [0, 0.1) is 0 Å². The molecule has 0 bridgehead atoms. The fourth-order valence-electron chi connectivity index (χ4n) is 7.72. The molecule has 0 aromatic rings. The Balaban J connectivity index is 4.36. The van der Waals surface area contributed by atoms with E-state index in [1.165, 1.54) is 161 Å². The fraction of sp³-hybridized carbons (Fsp3) is 0.882. The molecule has 0 saturated carbocycles. The molecule has 3 atom stereocenters. The van der Waals surface area contributed by atoms with Gasteiger partial charge in [0, 0.05) is 6.42 Å². The first-order valence-electron chi connectivity index (χ1n) is 25.1. The predicted molar refractivity (Wildman–Crippen MR) is 246 cm³/mol. The first kappa shape index (κ1) is 55.3. The zero-order valence-corrected chi connectivity index (χ0v) is 38.2. The van der Waals surface area contributed by atoms with Gasteiger partial charge in [-0.1, -0.05) is 225 Å². The second-order valence-corrected chi connectivity index (χ2v) is 17.3. The highest BCUT2D eigenvalue weighted by atomic mass is 16.5. The Bertz CT molecular complexity index is 904. The maximum absolute atomic E-state index is 13.1. The highest BCUT2D eigenvalue weighted by Gasteiger charge is 2.24. The molecule has 0 aliphatic rings. The van der Waals surface area contributed by atoms with Crippen LogP contribution in [0.4, 0.5) is 0 Å². The third-order valence-electron chi connectivity index (χ3n) is 11.6. The quantitative estimate of drug-likeness (QED) is 0.0324. The van der Waals surface area contributed by atoms with E-state index in [1.807, 2.05) is 0 Å². The lowest BCUT2D eigenvalue weighted by atomic mass is 10.0. The molecule has 3 unspecified atom stereocenters. The number of rotatable bonds is 45. The number of hydrogen-bond acceptors (Lipinski definition) is 5. The lowest BCUT2D eigenvalue weighted by molar-refractivity contribution is -0.151. The zero-order valence-electron chi connectivity index (χ0n) is 38.2. The van der Waals surface area contributed by atoms with E-state index in [9.17, 15) is 19.8 Å². The number of aliphatic hydroxyl groups is 2. The van der Waals surface area contributed by atoms with Gasteiger partial charge >= 0.3 is 5.97 Å². The van der Waals surface area contributed by atoms with Gasteiger partial charge in [0.25, 0.3) is 0 Å². The van der Waals surface area contributed by atoms with Gasteiger partial charge in [-0.25, -0.2) is 0 Å². The SMILES string of the molecule is CCCCC/C=C/C=C/CCCCCCCCC(=O)OC(CCCCCCCCC)CC(=O)NC(CO)C(O)CCCCCCCCCCCCCCCCCC. The van der Waals surface area contributed by atoms with Gasteiger partial charge in [-0.05, 0) is 51.4 Å². The summed E-state index contributed by atoms with van der Waals surface area (Å²) in [7, 11) is 0. The smallest absolute Gasteiger partial charge is 0.306 e. The summed E-state index contributed by atoms with van der Waals surface area (Å²) in [6.07, 6.45) is 51.0. The van der Waals surface area contributed by atoms with Crippen LogP contribution in [0.5, 0.6) is 0 Å². The van der Waals surface area contributed by atoms with Crippen LogP contribution < -0.4 is 5.32 Å². The highest BCUT2D eigenvalue weighted by Crippen LogP contribution is 2.18. The van der Waals surface area contributed by atoms with Crippen molar-refractivity contribution in [3.05, 3.63) is 24.3 Å². The van der Waals surface area contributed by atoms with E-state index in [1.54, 1.807) is 0 Å². The summed E-state index contributed by atoms with van der Waals surface area (Å²) in [4.78, 5) is 26.0. The molecule has 336 valence electrons. The van der Waals surface area contributed by atoms with Crippen LogP contribution >= 0.6 is 0 Å². The van der Waals surface area contributed by atoms with Crippen molar-refractivity contribution in [3.63, 3.8) is 0 Å². The number of carbonyl (C=O) groups excluding carboxylic acids is 2. The number of carbonyl (C=O) groups is 2. The second-order valence-electron chi connectivity index (χ2n) is 17.3. The first-order valence-corrected chi connectivity index (χ1v) is 25.1. The molecular formula is C51H97NO5. The number of nitrogens with one attached hydrogen (secondary N) is 1. The van der Waals surface area contributed by atoms with Gasteiger partial charge in [0.2, 0.25) is 5.91 Å². The van der Waals surface area contributed by atoms with Gasteiger partial charge in [0.1, 0.15) is 6.10 Å². The molecular weight excluding hydrogens is 707 g/mol. The average Bonchev–Trinajstić information content (AvgIpc) is 3.20. The Morgan fingerprint density at radius 2 is 0.877 bits per heavy atom. The van der Waals surface area contributed by atoms with Crippen LogP contribution in [0.15, 0.2) is 24.3 Å². The number of ether oxygens (including phenoxy) is 1. The van der Waals surface area contributed by atoms with E-state index >= 15 is 0 Å². The Labute approximate surface area is 354 Å². The van der Waals surface area contributed by atoms with Crippen molar-refractivity contribution >= 4 is 11.9 Å². The topological polar surface area (TPSA) is 95.9 Å². The van der Waals surface area contributed by atoms with Gasteiger partial charge in [-0.15, -0.1) is 0 Å². The van der Waals surface area contributed by atoms with Crippen molar-refractivity contribution in [2.75, 3.05) is 6.61 Å². The van der Waals surface area contributed by atoms with E-state index in [0.717, 1.165) is 57.8 Å². The number of allylic oxidation sites excluding steroid dienone is 4. The van der Waals surface area contributed by atoms with E-state index < -0.39 is 18.2 Å². The summed E-state index contributed by atoms with van der Waals surface area (Å²) in [5, 5.41) is 23.7. The van der Waals surface area contributed by atoms with Gasteiger partial charge in [-0.3, -0.25) is 9.59 Å². The van der Waals surface area contributed by atoms with Crippen LogP contribution in [0.2, 0.25) is 0 Å². The third-order valence-corrected chi connectivity index (χ3v) is 11.6. The van der Waals surface area contributed by atoms with Gasteiger partial charge in [-0.2, -0.15) is 0 Å². The second kappa shape index (κ2) is 45.4. The summed E-state index contributed by atoms with van der Waals surface area (Å²) in [5.41, 5.74) is 0. The van der Waals surface area contributed by atoms with Crippen molar-refractivity contribution in [1.82, 2.24) is 5.32 Å². The highest BCUT2D eigenvalue weighted by molar-refractivity contribution is 5.77. The summed E-state index contributed by atoms with van der Waals surface area (Å²) in [5.74, 6) is -0.482. The maximum atomic E-state index is 13.1. The summed E-state index contributed by atoms with van der Waals surface area (Å²) in [6, 6.07) is -0.697. The molecule has 0 heterocycles. The normalized spacial score (nSPS) is 13.4. The number of unbranched alkanes of at least 4 members (excludes halogenated alkanes) is 30. The van der Waals surface area contributed by atoms with Crippen molar-refractivity contribution in [1.29, 1.82) is 0 Å². The minimum Gasteiger partial charge on any atom is -0.462 e. The van der Waals surface area contributed by atoms with Gasteiger partial charge < -0.3 is 20.3 Å². The Morgan fingerprint density at radius 1 is 0.509 bits per heavy atom. The van der Waals surface area contributed by atoms with Crippen molar-refractivity contribution < 1.29 is 24.5 Å². The molecule has 1 amide bonds. The summed E-state index contributed by atoms with van der Waals surface area (Å²) < 4.78 is 5.89. The van der Waals surface area contributed by atoms with Crippen LogP contribution in [0.3, 0.4) is 0 Å². The minimum atomic E-state index is -0.784. The number of esters is 1. The van der Waals surface area contributed by atoms with Crippen molar-refractivity contribution in [3.8, 4) is 0 Å². The minimum absolute atomic E-state index is 0.0763. The third kappa shape index (κ3) is 40.9. The largest absolute Gasteiger partial charge is 0.462 e. The molecule has 0 saturated heterocycles. The van der Waals surface area contributed by atoms with Crippen molar-refractivity contribution in [2.45, 2.75) is 283 Å². The monoisotopic (exact) mass is 804 g/mol. The lowest BCUT2D eigenvalue weighted by Gasteiger charge is -2.24. The first-order chi connectivity index (χ1) is 28.0. The maximum Gasteiger partial charge on any atom is 0.306 e. The van der Waals surface area contributed by atoms with Crippen molar-refractivity contribution in [2.24, 2.45) is 0 Å². The van der Waals surface area contributed by atoms with Gasteiger partial charge in [0.05, 0.1) is 25.2 Å². The number of amides is 1. The molecule has 57 heavy (non-hydrogen) atoms. The van der Waals surface area contributed by atoms with Crippen LogP contribution in [0.1, 0.15) is 265 Å². The van der Waals surface area contributed by atoms with Crippen LogP contribution in [-0.4, -0.2) is 46.9 Å². The van der Waals surface area contributed by atoms with E-state index in [0.29, 0.717) is 19.3 Å². The molecule has 6 nitrogen and oxygen atoms in total. The lowest BCUT2D eigenvalue weighted by Crippen LogP contribution is -2.46. The molecule has 6 heteroatoms. The summed E-state index contributed by atoms with van der Waals surface area (Å²) in [6.45, 7) is 6.43. The molecule has 0 fully saturated rings. The Morgan fingerprint density at radius 3 is 1.33 bits per heavy atom. The van der Waals surface area contributed by atoms with Crippen LogP contribution in [-0.2, 0) is 14.3 Å². The molecule has 0 aliphatic carbocycles. The number of hydrogen-bond donors (Lipinski definition) is 3. The molecule has 3 N–H and O–H groups in total. The van der Waals surface area contributed by atoms with Crippen LogP contribution in [0.25, 0.3) is 0 Å². The predicted octanol–water partition coefficient (Wildman–Crippen LogP) is 14.7. The molecule has 0 radical (unpaired) electrons. The van der Waals surface area contributed by atoms with E-state index in [2.05, 4.69) is 50.4 Å². The Hall–Kier alpha value is -1.66. The van der Waals surface area contributed by atoms with E-state index in [4.69, 9.17) is 4.74 Å². The molecule has 0 aromatic heterocycles. The standard InChI is InChI=1S/C51H97NO5/c1-4-7-10-13-16-18-20-22-24-26-27-29-31-34-37-40-43-49(54)48(46-53)52-50(55)45-47(42-39-36-33-15-12-9-6-3)57-51(56)44-41-38-35-32-30-28-25-23-21-19-17-14-11-8-5-2/h17,19,21,23,47-49,53-54H,4-16,18,20,22,24-46H2,1-3H3,(H,52,55)/b19-17+,23-21+. The number of aliphatic hydroxyl groups excluding tert-OH is 2. The average molecular weight is 804 g/mol.